The number of hydrogen-bond donors (Lipinski definition) is 2. The SMILES string of the molecule is CCNC(=NCC(O)c1ccccc1F)N1CCC(OCC2CCCCO2)CC1.I. The molecule has 0 saturated carbocycles. The van der Waals surface area contributed by atoms with Gasteiger partial charge in [0.25, 0.3) is 0 Å². The highest BCUT2D eigenvalue weighted by atomic mass is 127. The van der Waals surface area contributed by atoms with Gasteiger partial charge in [-0.3, -0.25) is 4.99 Å². The van der Waals surface area contributed by atoms with Crippen LogP contribution in [-0.2, 0) is 9.47 Å². The molecular formula is C22H35FIN3O3. The largest absolute Gasteiger partial charge is 0.386 e. The van der Waals surface area contributed by atoms with Crippen molar-refractivity contribution >= 4 is 29.9 Å². The van der Waals surface area contributed by atoms with Crippen LogP contribution in [0.25, 0.3) is 0 Å². The Hall–Kier alpha value is -0.970. The van der Waals surface area contributed by atoms with Crippen LogP contribution in [0.4, 0.5) is 4.39 Å². The van der Waals surface area contributed by atoms with Crippen LogP contribution in [0.1, 0.15) is 50.7 Å². The molecule has 2 aliphatic heterocycles. The third-order valence-electron chi connectivity index (χ3n) is 5.55. The molecule has 0 amide bonds. The van der Waals surface area contributed by atoms with Gasteiger partial charge in [-0.1, -0.05) is 18.2 Å². The molecule has 6 nitrogen and oxygen atoms in total. The van der Waals surface area contributed by atoms with E-state index in [9.17, 15) is 9.50 Å². The van der Waals surface area contributed by atoms with Crippen molar-refractivity contribution in [3.05, 3.63) is 35.6 Å². The Labute approximate surface area is 196 Å². The van der Waals surface area contributed by atoms with Gasteiger partial charge >= 0.3 is 0 Å². The minimum Gasteiger partial charge on any atom is -0.386 e. The fraction of sp³-hybridized carbons (Fsp3) is 0.682. The molecular weight excluding hydrogens is 500 g/mol. The number of nitrogens with zero attached hydrogens (tertiary/aromatic N) is 2. The highest BCUT2D eigenvalue weighted by molar-refractivity contribution is 14.0. The van der Waals surface area contributed by atoms with E-state index in [1.165, 1.54) is 12.5 Å². The highest BCUT2D eigenvalue weighted by Gasteiger charge is 2.24. The number of aliphatic hydroxyl groups excluding tert-OH is 1. The number of nitrogens with one attached hydrogen (secondary N) is 1. The number of aliphatic hydroxyl groups is 1. The molecule has 2 atom stereocenters. The number of halogens is 2. The number of guanidine groups is 1. The zero-order valence-corrected chi connectivity index (χ0v) is 20.1. The maximum absolute atomic E-state index is 13.9. The molecule has 3 rings (SSSR count). The summed E-state index contributed by atoms with van der Waals surface area (Å²) in [4.78, 5) is 6.74. The van der Waals surface area contributed by atoms with Gasteiger partial charge < -0.3 is 24.8 Å². The van der Waals surface area contributed by atoms with Gasteiger partial charge in [0.2, 0.25) is 0 Å². The van der Waals surface area contributed by atoms with E-state index in [0.29, 0.717) is 6.61 Å². The van der Waals surface area contributed by atoms with Gasteiger partial charge in [-0.2, -0.15) is 0 Å². The molecule has 170 valence electrons. The van der Waals surface area contributed by atoms with Crippen LogP contribution >= 0.6 is 24.0 Å². The fourth-order valence-electron chi connectivity index (χ4n) is 3.86. The van der Waals surface area contributed by atoms with E-state index in [1.54, 1.807) is 18.2 Å². The van der Waals surface area contributed by atoms with E-state index < -0.39 is 11.9 Å². The third-order valence-corrected chi connectivity index (χ3v) is 5.55. The van der Waals surface area contributed by atoms with Gasteiger partial charge in [-0.25, -0.2) is 4.39 Å². The van der Waals surface area contributed by atoms with E-state index in [2.05, 4.69) is 15.2 Å². The van der Waals surface area contributed by atoms with Gasteiger partial charge in [-0.05, 0) is 45.1 Å². The first-order valence-corrected chi connectivity index (χ1v) is 10.9. The van der Waals surface area contributed by atoms with E-state index in [0.717, 1.165) is 57.9 Å². The average Bonchev–Trinajstić information content (AvgIpc) is 2.76. The molecule has 0 radical (unpaired) electrons. The van der Waals surface area contributed by atoms with E-state index in [1.807, 2.05) is 6.92 Å². The van der Waals surface area contributed by atoms with Gasteiger partial charge in [0.05, 0.1) is 25.4 Å². The molecule has 2 fully saturated rings. The molecule has 1 aromatic carbocycles. The first-order valence-electron chi connectivity index (χ1n) is 10.9. The normalized spacial score (nSPS) is 21.8. The highest BCUT2D eigenvalue weighted by Crippen LogP contribution is 2.19. The number of benzene rings is 1. The second kappa shape index (κ2) is 13.4. The number of rotatable bonds is 7. The predicted octanol–water partition coefficient (Wildman–Crippen LogP) is 3.49. The van der Waals surface area contributed by atoms with Gasteiger partial charge in [-0.15, -0.1) is 24.0 Å². The summed E-state index contributed by atoms with van der Waals surface area (Å²) < 4.78 is 25.7. The van der Waals surface area contributed by atoms with E-state index in [4.69, 9.17) is 9.47 Å². The standard InChI is InChI=1S/C22H34FN3O3.HI/c1-2-24-22(25-15-21(27)19-8-3-4-9-20(19)23)26-12-10-17(11-13-26)29-16-18-7-5-6-14-28-18;/h3-4,8-9,17-18,21,27H,2,5-7,10-16H2,1H3,(H,24,25);1H. The topological polar surface area (TPSA) is 66.3 Å². The van der Waals surface area contributed by atoms with Crippen LogP contribution in [-0.4, -0.2) is 67.6 Å². The number of aliphatic imine (C=N–C) groups is 1. The Bertz CT molecular complexity index is 650. The molecule has 0 bridgehead atoms. The smallest absolute Gasteiger partial charge is 0.194 e. The summed E-state index contributed by atoms with van der Waals surface area (Å²) in [5.41, 5.74) is 0.282. The van der Waals surface area contributed by atoms with Crippen molar-refractivity contribution in [2.75, 3.05) is 39.4 Å². The van der Waals surface area contributed by atoms with Crippen molar-refractivity contribution in [1.82, 2.24) is 10.2 Å². The summed E-state index contributed by atoms with van der Waals surface area (Å²) >= 11 is 0. The summed E-state index contributed by atoms with van der Waals surface area (Å²) in [6.45, 7) is 6.11. The number of hydrogen-bond acceptors (Lipinski definition) is 4. The molecule has 2 saturated heterocycles. The van der Waals surface area contributed by atoms with Gasteiger partial charge in [0.1, 0.15) is 11.9 Å². The Morgan fingerprint density at radius 3 is 2.73 bits per heavy atom. The third kappa shape index (κ3) is 7.62. The van der Waals surface area contributed by atoms with Crippen LogP contribution in [0.15, 0.2) is 29.3 Å². The van der Waals surface area contributed by atoms with Crippen LogP contribution < -0.4 is 5.32 Å². The van der Waals surface area contributed by atoms with Crippen LogP contribution in [0, 0.1) is 5.82 Å². The molecule has 30 heavy (non-hydrogen) atoms. The second-order valence-corrected chi connectivity index (χ2v) is 7.74. The van der Waals surface area contributed by atoms with Gasteiger partial charge in [0, 0.05) is 31.8 Å². The van der Waals surface area contributed by atoms with Crippen LogP contribution in [0.5, 0.6) is 0 Å². The molecule has 2 heterocycles. The van der Waals surface area contributed by atoms with E-state index >= 15 is 0 Å². The Morgan fingerprint density at radius 1 is 1.30 bits per heavy atom. The fourth-order valence-corrected chi connectivity index (χ4v) is 3.86. The maximum Gasteiger partial charge on any atom is 0.194 e. The Kier molecular flexibility index (Phi) is 11.3. The lowest BCUT2D eigenvalue weighted by atomic mass is 10.1. The van der Waals surface area contributed by atoms with Crippen molar-refractivity contribution < 1.29 is 19.0 Å². The summed E-state index contributed by atoms with van der Waals surface area (Å²) in [7, 11) is 0. The Balaban J connectivity index is 0.00000320. The summed E-state index contributed by atoms with van der Waals surface area (Å²) in [6.07, 6.45) is 4.91. The van der Waals surface area contributed by atoms with Crippen LogP contribution in [0.2, 0.25) is 0 Å². The molecule has 2 aliphatic rings. The zero-order chi connectivity index (χ0) is 20.5. The lowest BCUT2D eigenvalue weighted by Crippen LogP contribution is -2.47. The lowest BCUT2D eigenvalue weighted by molar-refractivity contribution is -0.0721. The minimum absolute atomic E-state index is 0. The maximum atomic E-state index is 13.9. The first-order chi connectivity index (χ1) is 14.2. The molecule has 1 aromatic rings. The summed E-state index contributed by atoms with van der Waals surface area (Å²) in [5, 5.41) is 13.6. The minimum atomic E-state index is -0.957. The summed E-state index contributed by atoms with van der Waals surface area (Å²) in [6, 6.07) is 6.29. The number of piperidine rings is 1. The predicted molar refractivity (Wildman–Crippen MR) is 127 cm³/mol. The second-order valence-electron chi connectivity index (χ2n) is 7.74. The molecule has 2 N–H and O–H groups in total. The molecule has 8 heteroatoms. The average molecular weight is 535 g/mol. The molecule has 0 spiro atoms. The molecule has 0 aromatic heterocycles. The lowest BCUT2D eigenvalue weighted by Gasteiger charge is -2.35. The van der Waals surface area contributed by atoms with Crippen molar-refractivity contribution in [2.45, 2.75) is 57.3 Å². The van der Waals surface area contributed by atoms with Crippen molar-refractivity contribution in [3.8, 4) is 0 Å². The van der Waals surface area contributed by atoms with Crippen molar-refractivity contribution in [1.29, 1.82) is 0 Å². The van der Waals surface area contributed by atoms with Crippen molar-refractivity contribution in [3.63, 3.8) is 0 Å². The Morgan fingerprint density at radius 2 is 2.07 bits per heavy atom. The monoisotopic (exact) mass is 535 g/mol. The number of ether oxygens (including phenoxy) is 2. The first kappa shape index (κ1) is 25.3. The molecule has 2 unspecified atom stereocenters. The number of likely N-dealkylation sites (tertiary alicyclic amines) is 1. The van der Waals surface area contributed by atoms with Gasteiger partial charge in [0.15, 0.2) is 5.96 Å². The quantitative estimate of drug-likeness (QED) is 0.318. The van der Waals surface area contributed by atoms with Crippen LogP contribution in [0.3, 0.4) is 0 Å². The zero-order valence-electron chi connectivity index (χ0n) is 17.8. The van der Waals surface area contributed by atoms with Crippen molar-refractivity contribution in [2.24, 2.45) is 4.99 Å². The summed E-state index contributed by atoms with van der Waals surface area (Å²) in [5.74, 6) is 0.358. The van der Waals surface area contributed by atoms with E-state index in [-0.39, 0.29) is 48.3 Å². The molecule has 0 aliphatic carbocycles.